The molecule has 2 saturated heterocycles. The summed E-state index contributed by atoms with van der Waals surface area (Å²) in [5, 5.41) is 3.17. The lowest BCUT2D eigenvalue weighted by molar-refractivity contribution is -0.137. The van der Waals surface area contributed by atoms with Crippen LogP contribution in [0.5, 0.6) is 0 Å². The maximum absolute atomic E-state index is 13.0. The molecule has 0 N–H and O–H groups in total. The Hall–Kier alpha value is -2.21. The van der Waals surface area contributed by atoms with Gasteiger partial charge in [0.05, 0.1) is 10.6 Å². The van der Waals surface area contributed by atoms with E-state index in [-0.39, 0.29) is 27.8 Å². The van der Waals surface area contributed by atoms with Gasteiger partial charge in [0, 0.05) is 66.8 Å². The van der Waals surface area contributed by atoms with Gasteiger partial charge in [0.2, 0.25) is 5.91 Å². The average Bonchev–Trinajstić information content (AvgIpc) is 3.33. The molecule has 0 radical (unpaired) electrons. The number of benzene rings is 1. The van der Waals surface area contributed by atoms with Crippen molar-refractivity contribution < 1.29 is 22.8 Å². The van der Waals surface area contributed by atoms with Crippen LogP contribution in [0.25, 0.3) is 10.1 Å². The molecule has 2 amide bonds. The van der Waals surface area contributed by atoms with Crippen LogP contribution in [0, 0.1) is 0 Å². The number of carbonyl (C=O) groups is 2. The van der Waals surface area contributed by atoms with Crippen molar-refractivity contribution in [1.82, 2.24) is 14.8 Å². The van der Waals surface area contributed by atoms with Crippen molar-refractivity contribution in [3.05, 3.63) is 45.2 Å². The first kappa shape index (κ1) is 22.6. The number of aromatic nitrogens is 1. The van der Waals surface area contributed by atoms with Crippen LogP contribution < -0.4 is 4.90 Å². The summed E-state index contributed by atoms with van der Waals surface area (Å²) < 4.78 is 39.4. The number of likely N-dealkylation sites (tertiary alicyclic amines) is 1. The molecule has 4 heterocycles. The highest BCUT2D eigenvalue weighted by molar-refractivity contribution is 7.21. The molecule has 1 aromatic carbocycles. The van der Waals surface area contributed by atoms with E-state index in [4.69, 9.17) is 11.6 Å². The van der Waals surface area contributed by atoms with Crippen molar-refractivity contribution >= 4 is 61.3 Å². The number of anilines is 1. The zero-order chi connectivity index (χ0) is 23.3. The molecule has 33 heavy (non-hydrogen) atoms. The van der Waals surface area contributed by atoms with Crippen LogP contribution in [0.1, 0.15) is 21.7 Å². The fourth-order valence-electron chi connectivity index (χ4n) is 4.13. The van der Waals surface area contributed by atoms with Crippen molar-refractivity contribution in [2.75, 3.05) is 37.6 Å². The summed E-state index contributed by atoms with van der Waals surface area (Å²) >= 11 is 8.77. The Kier molecular flexibility index (Phi) is 5.84. The fraction of sp³-hybridized carbons (Fsp3) is 0.381. The number of alkyl halides is 3. The molecule has 3 aromatic rings. The Balaban J connectivity index is 1.25. The van der Waals surface area contributed by atoms with Gasteiger partial charge in [-0.05, 0) is 12.1 Å². The average molecular weight is 515 g/mol. The summed E-state index contributed by atoms with van der Waals surface area (Å²) in [5.74, 6) is -0.240. The molecule has 2 aromatic heterocycles. The Morgan fingerprint density at radius 3 is 2.67 bits per heavy atom. The maximum atomic E-state index is 13.0. The predicted octanol–water partition coefficient (Wildman–Crippen LogP) is 4.59. The topological polar surface area (TPSA) is 56.8 Å². The first-order chi connectivity index (χ1) is 15.7. The van der Waals surface area contributed by atoms with E-state index < -0.39 is 11.7 Å². The SMILES string of the molecule is O=C(c1sc2cc(C(F)(F)F)ccc2c1Cl)N1CC(N2CCC(=O)N(c3nccs3)CC2)C1. The van der Waals surface area contributed by atoms with E-state index in [1.807, 2.05) is 5.38 Å². The first-order valence-electron chi connectivity index (χ1n) is 10.2. The highest BCUT2D eigenvalue weighted by atomic mass is 35.5. The molecule has 2 aliphatic rings. The predicted molar refractivity (Wildman–Crippen MR) is 122 cm³/mol. The van der Waals surface area contributed by atoms with Gasteiger partial charge in [-0.15, -0.1) is 22.7 Å². The molecule has 0 spiro atoms. The number of hydrogen-bond donors (Lipinski definition) is 0. The maximum Gasteiger partial charge on any atom is 0.416 e. The number of thiazole rings is 1. The normalized spacial score (nSPS) is 18.6. The van der Waals surface area contributed by atoms with Crippen LogP contribution in [-0.2, 0) is 11.0 Å². The van der Waals surface area contributed by atoms with E-state index >= 15 is 0 Å². The van der Waals surface area contributed by atoms with Crippen LogP contribution in [-0.4, -0.2) is 65.4 Å². The smallest absolute Gasteiger partial charge is 0.335 e. The van der Waals surface area contributed by atoms with Crippen LogP contribution in [0.3, 0.4) is 0 Å². The van der Waals surface area contributed by atoms with Gasteiger partial charge in [0.1, 0.15) is 4.88 Å². The number of fused-ring (bicyclic) bond motifs is 1. The zero-order valence-electron chi connectivity index (χ0n) is 17.1. The number of rotatable bonds is 3. The summed E-state index contributed by atoms with van der Waals surface area (Å²) in [6.07, 6.45) is -2.40. The third-order valence-electron chi connectivity index (χ3n) is 5.99. The highest BCUT2D eigenvalue weighted by Gasteiger charge is 2.38. The zero-order valence-corrected chi connectivity index (χ0v) is 19.5. The van der Waals surface area contributed by atoms with Crippen LogP contribution in [0.2, 0.25) is 5.02 Å². The van der Waals surface area contributed by atoms with Gasteiger partial charge >= 0.3 is 6.18 Å². The number of thiophene rings is 1. The third kappa shape index (κ3) is 4.23. The molecule has 0 unspecified atom stereocenters. The summed E-state index contributed by atoms with van der Waals surface area (Å²) in [6, 6.07) is 3.45. The summed E-state index contributed by atoms with van der Waals surface area (Å²) in [4.78, 5) is 35.5. The number of nitrogens with zero attached hydrogens (tertiary/aromatic N) is 4. The third-order valence-corrected chi connectivity index (χ3v) is 8.43. The number of carbonyl (C=O) groups excluding carboxylic acids is 2. The van der Waals surface area contributed by atoms with E-state index in [0.29, 0.717) is 54.4 Å². The second kappa shape index (κ2) is 8.53. The van der Waals surface area contributed by atoms with Crippen LogP contribution in [0.15, 0.2) is 29.8 Å². The van der Waals surface area contributed by atoms with Crippen molar-refractivity contribution in [1.29, 1.82) is 0 Å². The molecule has 0 saturated carbocycles. The lowest BCUT2D eigenvalue weighted by Crippen LogP contribution is -2.61. The van der Waals surface area contributed by atoms with Gasteiger partial charge in [-0.3, -0.25) is 19.4 Å². The van der Waals surface area contributed by atoms with Gasteiger partial charge in [-0.2, -0.15) is 13.2 Å². The van der Waals surface area contributed by atoms with Crippen LogP contribution in [0.4, 0.5) is 18.3 Å². The van der Waals surface area contributed by atoms with Crippen molar-refractivity contribution in [2.45, 2.75) is 18.6 Å². The van der Waals surface area contributed by atoms with Crippen molar-refractivity contribution in [3.8, 4) is 0 Å². The lowest BCUT2D eigenvalue weighted by atomic mass is 10.1. The fourth-order valence-corrected chi connectivity index (χ4v) is 6.34. The number of amides is 2. The molecule has 0 atom stereocenters. The molecule has 0 bridgehead atoms. The van der Waals surface area contributed by atoms with Crippen LogP contribution >= 0.6 is 34.3 Å². The molecular formula is C21H18ClF3N4O2S2. The van der Waals surface area contributed by atoms with Crippen molar-refractivity contribution in [2.24, 2.45) is 0 Å². The molecule has 6 nitrogen and oxygen atoms in total. The minimum atomic E-state index is -4.46. The lowest BCUT2D eigenvalue weighted by Gasteiger charge is -2.45. The Morgan fingerprint density at radius 2 is 1.97 bits per heavy atom. The van der Waals surface area contributed by atoms with E-state index in [9.17, 15) is 22.8 Å². The highest BCUT2D eigenvalue weighted by Crippen LogP contribution is 2.40. The Bertz CT molecular complexity index is 1210. The molecule has 12 heteroatoms. The molecule has 174 valence electrons. The van der Waals surface area contributed by atoms with E-state index in [0.717, 1.165) is 23.5 Å². The largest absolute Gasteiger partial charge is 0.416 e. The standard InChI is InChI=1S/C21H18ClF3N4O2S2/c22-17-14-2-1-12(21(23,24)25)9-15(14)33-18(17)19(31)28-10-13(11-28)27-5-3-16(30)29(7-6-27)20-26-4-8-32-20/h1-2,4,8-9,13H,3,5-7,10-11H2. The Labute approximate surface area is 200 Å². The monoisotopic (exact) mass is 514 g/mol. The minimum Gasteiger partial charge on any atom is -0.335 e. The van der Waals surface area contributed by atoms with Crippen molar-refractivity contribution in [3.63, 3.8) is 0 Å². The summed E-state index contributed by atoms with van der Waals surface area (Å²) in [6.45, 7) is 2.81. The molecule has 2 fully saturated rings. The van der Waals surface area contributed by atoms with Gasteiger partial charge < -0.3 is 4.90 Å². The van der Waals surface area contributed by atoms with E-state index in [1.165, 1.54) is 17.4 Å². The number of halogens is 4. The molecular weight excluding hydrogens is 497 g/mol. The molecule has 5 rings (SSSR count). The second-order valence-electron chi connectivity index (χ2n) is 7.96. The minimum absolute atomic E-state index is 0.0370. The molecule has 2 aliphatic heterocycles. The first-order valence-corrected chi connectivity index (χ1v) is 12.3. The van der Waals surface area contributed by atoms with Gasteiger partial charge in [0.15, 0.2) is 5.13 Å². The summed E-state index contributed by atoms with van der Waals surface area (Å²) in [7, 11) is 0. The van der Waals surface area contributed by atoms with E-state index in [1.54, 1.807) is 16.0 Å². The van der Waals surface area contributed by atoms with Gasteiger partial charge in [-0.25, -0.2) is 4.98 Å². The summed E-state index contributed by atoms with van der Waals surface area (Å²) in [5.41, 5.74) is -0.765. The van der Waals surface area contributed by atoms with E-state index in [2.05, 4.69) is 9.88 Å². The number of hydrogen-bond acceptors (Lipinski definition) is 6. The van der Waals surface area contributed by atoms with Gasteiger partial charge in [-0.1, -0.05) is 17.7 Å². The second-order valence-corrected chi connectivity index (χ2v) is 10.3. The molecule has 0 aliphatic carbocycles. The quantitative estimate of drug-likeness (QED) is 0.513. The Morgan fingerprint density at radius 1 is 1.18 bits per heavy atom. The van der Waals surface area contributed by atoms with Gasteiger partial charge in [0.25, 0.3) is 5.91 Å².